The molecule has 0 aliphatic carbocycles. The van der Waals surface area contributed by atoms with Gasteiger partial charge >= 0.3 is 0 Å². The second-order valence-corrected chi connectivity index (χ2v) is 4.98. The molecule has 0 radical (unpaired) electrons. The van der Waals surface area contributed by atoms with Crippen molar-refractivity contribution in [1.29, 1.82) is 0 Å². The molecule has 1 heterocycles. The van der Waals surface area contributed by atoms with Crippen molar-refractivity contribution in [2.45, 2.75) is 13.8 Å². The zero-order valence-corrected chi connectivity index (χ0v) is 11.6. The summed E-state index contributed by atoms with van der Waals surface area (Å²) in [5.41, 5.74) is 11.7. The predicted molar refractivity (Wildman–Crippen MR) is 81.3 cm³/mol. The highest BCUT2D eigenvalue weighted by molar-refractivity contribution is 5.66. The minimum atomic E-state index is 0.611. The molecule has 20 heavy (non-hydrogen) atoms. The number of nitrogens with two attached hydrogens (primary N) is 1. The van der Waals surface area contributed by atoms with Crippen LogP contribution in [0.2, 0.25) is 0 Å². The molecule has 0 bridgehead atoms. The summed E-state index contributed by atoms with van der Waals surface area (Å²) in [5.74, 6) is 0.611. The molecule has 2 N–H and O–H groups in total. The molecule has 0 aliphatic heterocycles. The van der Waals surface area contributed by atoms with Gasteiger partial charge in [0.15, 0.2) is 0 Å². The van der Waals surface area contributed by atoms with E-state index in [1.807, 2.05) is 24.3 Å². The van der Waals surface area contributed by atoms with E-state index >= 15 is 0 Å². The average molecular weight is 264 g/mol. The Morgan fingerprint density at radius 3 is 2.45 bits per heavy atom. The highest BCUT2D eigenvalue weighted by Crippen LogP contribution is 2.27. The lowest BCUT2D eigenvalue weighted by molar-refractivity contribution is 0.575. The summed E-state index contributed by atoms with van der Waals surface area (Å²) in [4.78, 5) is 4.56. The second-order valence-electron chi connectivity index (χ2n) is 4.98. The van der Waals surface area contributed by atoms with Gasteiger partial charge in [-0.25, -0.2) is 4.98 Å². The number of hydrogen-bond acceptors (Lipinski definition) is 3. The molecule has 0 spiro atoms. The van der Waals surface area contributed by atoms with Crippen LogP contribution in [0, 0.1) is 13.8 Å². The molecule has 0 aliphatic rings. The molecule has 100 valence electrons. The van der Waals surface area contributed by atoms with E-state index in [4.69, 9.17) is 10.2 Å². The monoisotopic (exact) mass is 264 g/mol. The highest BCUT2D eigenvalue weighted by Gasteiger charge is 2.10. The maximum Gasteiger partial charge on any atom is 0.226 e. The number of aryl methyl sites for hydroxylation is 2. The molecule has 0 atom stereocenters. The van der Waals surface area contributed by atoms with E-state index < -0.39 is 0 Å². The number of rotatable bonds is 2. The fourth-order valence-corrected chi connectivity index (χ4v) is 2.26. The Bertz CT molecular complexity index is 742. The maximum absolute atomic E-state index is 5.68. The van der Waals surface area contributed by atoms with Gasteiger partial charge in [-0.3, -0.25) is 0 Å². The zero-order valence-electron chi connectivity index (χ0n) is 11.6. The van der Waals surface area contributed by atoms with Gasteiger partial charge in [-0.15, -0.1) is 0 Å². The first-order chi connectivity index (χ1) is 9.63. The third kappa shape index (κ3) is 2.30. The molecular weight excluding hydrogens is 248 g/mol. The van der Waals surface area contributed by atoms with E-state index in [0.29, 0.717) is 5.89 Å². The Kier molecular flexibility index (Phi) is 3.03. The second kappa shape index (κ2) is 4.85. The summed E-state index contributed by atoms with van der Waals surface area (Å²) in [5, 5.41) is 0. The van der Waals surface area contributed by atoms with Crippen molar-refractivity contribution < 1.29 is 4.42 Å². The number of aromatic nitrogens is 1. The Hall–Kier alpha value is -2.55. The van der Waals surface area contributed by atoms with Crippen molar-refractivity contribution in [2.24, 2.45) is 0 Å². The van der Waals surface area contributed by atoms with Crippen molar-refractivity contribution in [3.8, 4) is 22.7 Å². The van der Waals surface area contributed by atoms with Crippen LogP contribution in [0.4, 0.5) is 5.69 Å². The molecule has 3 aromatic rings. The Morgan fingerprint density at radius 1 is 1.00 bits per heavy atom. The molecule has 1 aromatic heterocycles. The van der Waals surface area contributed by atoms with E-state index in [2.05, 4.69) is 37.0 Å². The topological polar surface area (TPSA) is 52.0 Å². The molecule has 0 saturated carbocycles. The quantitative estimate of drug-likeness (QED) is 0.705. The number of nitrogen functional groups attached to an aromatic ring is 1. The Balaban J connectivity index is 1.99. The van der Waals surface area contributed by atoms with Crippen LogP contribution in [0.25, 0.3) is 22.7 Å². The highest BCUT2D eigenvalue weighted by atomic mass is 16.3. The normalized spacial score (nSPS) is 10.7. The molecule has 0 fully saturated rings. The van der Waals surface area contributed by atoms with Crippen LogP contribution in [0.1, 0.15) is 11.1 Å². The van der Waals surface area contributed by atoms with Gasteiger partial charge in [0, 0.05) is 16.8 Å². The average Bonchev–Trinajstić information content (AvgIpc) is 2.89. The van der Waals surface area contributed by atoms with E-state index in [1.54, 1.807) is 6.26 Å². The summed E-state index contributed by atoms with van der Waals surface area (Å²) < 4.78 is 5.58. The number of hydrogen-bond donors (Lipinski definition) is 1. The SMILES string of the molecule is Cc1ccc(-c2coc(-c3ccc(N)cc3)n2)c(C)c1. The van der Waals surface area contributed by atoms with E-state index in [1.165, 1.54) is 11.1 Å². The van der Waals surface area contributed by atoms with E-state index in [0.717, 1.165) is 22.5 Å². The Morgan fingerprint density at radius 2 is 1.75 bits per heavy atom. The lowest BCUT2D eigenvalue weighted by atomic mass is 10.0. The summed E-state index contributed by atoms with van der Waals surface area (Å²) >= 11 is 0. The van der Waals surface area contributed by atoms with Crippen LogP contribution in [0.5, 0.6) is 0 Å². The van der Waals surface area contributed by atoms with Gasteiger partial charge in [0.05, 0.1) is 0 Å². The number of nitrogens with zero attached hydrogens (tertiary/aromatic N) is 1. The smallest absolute Gasteiger partial charge is 0.226 e. The van der Waals surface area contributed by atoms with Gasteiger partial charge < -0.3 is 10.2 Å². The van der Waals surface area contributed by atoms with Crippen molar-refractivity contribution in [3.63, 3.8) is 0 Å². The lowest BCUT2D eigenvalue weighted by Crippen LogP contribution is -1.86. The standard InChI is InChI=1S/C17H16N2O/c1-11-3-8-15(12(2)9-11)16-10-20-17(19-16)13-4-6-14(18)7-5-13/h3-10H,18H2,1-2H3. The molecule has 3 heteroatoms. The minimum absolute atomic E-state index is 0.611. The van der Waals surface area contributed by atoms with Crippen LogP contribution in [-0.2, 0) is 0 Å². The number of oxazole rings is 1. The van der Waals surface area contributed by atoms with Crippen LogP contribution in [0.3, 0.4) is 0 Å². The van der Waals surface area contributed by atoms with Crippen molar-refractivity contribution in [2.75, 3.05) is 5.73 Å². The summed E-state index contributed by atoms with van der Waals surface area (Å²) in [6, 6.07) is 13.8. The van der Waals surface area contributed by atoms with Gasteiger partial charge in [-0.1, -0.05) is 23.8 Å². The number of anilines is 1. The van der Waals surface area contributed by atoms with E-state index in [9.17, 15) is 0 Å². The first-order valence-electron chi connectivity index (χ1n) is 6.52. The van der Waals surface area contributed by atoms with Gasteiger partial charge in [-0.2, -0.15) is 0 Å². The molecule has 3 nitrogen and oxygen atoms in total. The summed E-state index contributed by atoms with van der Waals surface area (Å²) in [6.07, 6.45) is 1.70. The van der Waals surface area contributed by atoms with Gasteiger partial charge in [-0.05, 0) is 43.7 Å². The molecular formula is C17H16N2O. The third-order valence-electron chi connectivity index (χ3n) is 3.32. The minimum Gasteiger partial charge on any atom is -0.444 e. The summed E-state index contributed by atoms with van der Waals surface area (Å²) in [6.45, 7) is 4.17. The van der Waals surface area contributed by atoms with Crippen LogP contribution in [0.15, 0.2) is 53.1 Å². The predicted octanol–water partition coefficient (Wildman–Crippen LogP) is 4.21. The number of benzene rings is 2. The first-order valence-corrected chi connectivity index (χ1v) is 6.52. The van der Waals surface area contributed by atoms with Crippen LogP contribution < -0.4 is 5.73 Å². The zero-order chi connectivity index (χ0) is 14.1. The largest absolute Gasteiger partial charge is 0.444 e. The molecule has 3 rings (SSSR count). The summed E-state index contributed by atoms with van der Waals surface area (Å²) in [7, 11) is 0. The fraction of sp³-hybridized carbons (Fsp3) is 0.118. The third-order valence-corrected chi connectivity index (χ3v) is 3.32. The maximum atomic E-state index is 5.68. The first kappa shape index (κ1) is 12.5. The fourth-order valence-electron chi connectivity index (χ4n) is 2.26. The van der Waals surface area contributed by atoms with Gasteiger partial charge in [0.2, 0.25) is 5.89 Å². The molecule has 0 saturated heterocycles. The van der Waals surface area contributed by atoms with E-state index in [-0.39, 0.29) is 0 Å². The van der Waals surface area contributed by atoms with Gasteiger partial charge in [0.1, 0.15) is 12.0 Å². The Labute approximate surface area is 118 Å². The molecule has 0 unspecified atom stereocenters. The van der Waals surface area contributed by atoms with Crippen LogP contribution >= 0.6 is 0 Å². The van der Waals surface area contributed by atoms with Crippen molar-refractivity contribution >= 4 is 5.69 Å². The lowest BCUT2D eigenvalue weighted by Gasteiger charge is -2.02. The van der Waals surface area contributed by atoms with Gasteiger partial charge in [0.25, 0.3) is 0 Å². The molecule has 2 aromatic carbocycles. The molecule has 0 amide bonds. The van der Waals surface area contributed by atoms with Crippen molar-refractivity contribution in [3.05, 3.63) is 59.9 Å². The van der Waals surface area contributed by atoms with Crippen molar-refractivity contribution in [1.82, 2.24) is 4.98 Å². The van der Waals surface area contributed by atoms with Crippen LogP contribution in [-0.4, -0.2) is 4.98 Å².